The molecule has 0 amide bonds. The number of carbonyl (C=O) groups is 1. The Bertz CT molecular complexity index is 521. The van der Waals surface area contributed by atoms with Crippen LogP contribution in [0.1, 0.15) is 6.42 Å². The van der Waals surface area contributed by atoms with Crippen molar-refractivity contribution in [3.8, 4) is 5.75 Å². The van der Waals surface area contributed by atoms with Crippen LogP contribution in [0.5, 0.6) is 5.75 Å². The van der Waals surface area contributed by atoms with Crippen molar-refractivity contribution >= 4 is 58.1 Å². The first-order chi connectivity index (χ1) is 10.4. The molecule has 1 aromatic carbocycles. The van der Waals surface area contributed by atoms with Gasteiger partial charge in [-0.2, -0.15) is 0 Å². The standard InChI is InChI=1S/C11H13NO2S.6CH3.2Sn/c1-15-8-7-10(12)11(13)14-9-5-3-2-4-6-9;;;;;;;;/h3-6,8,10H,7,12H2,1H3;6*1H3;;. The monoisotopic (exact) mass is 553 g/mol. The maximum atomic E-state index is 12.3. The van der Waals surface area contributed by atoms with Crippen LogP contribution >= 0.6 is 11.8 Å². The molecule has 0 radical (unpaired) electrons. The van der Waals surface area contributed by atoms with Gasteiger partial charge in [0.1, 0.15) is 0 Å². The maximum absolute atomic E-state index is 12.3. The Hall–Kier alpha value is 0.597. The molecule has 2 unspecified atom stereocenters. The normalized spacial score (nSPS) is 15.1. The summed E-state index contributed by atoms with van der Waals surface area (Å²) >= 11 is -2.28. The topological polar surface area (TPSA) is 52.3 Å². The zero-order chi connectivity index (χ0) is 17.8. The molecule has 1 rings (SSSR count). The Morgan fingerprint density at radius 3 is 2.04 bits per heavy atom. The molecule has 6 heteroatoms. The van der Waals surface area contributed by atoms with E-state index in [1.54, 1.807) is 0 Å². The number of hydrogen-bond acceptors (Lipinski definition) is 4. The summed E-state index contributed by atoms with van der Waals surface area (Å²) in [6, 6.07) is 7.46. The molecule has 0 heterocycles. The molecule has 130 valence electrons. The quantitative estimate of drug-likeness (QED) is 0.321. The van der Waals surface area contributed by atoms with Crippen LogP contribution in [0, 0.1) is 0 Å². The van der Waals surface area contributed by atoms with Gasteiger partial charge in [-0.25, -0.2) is 0 Å². The van der Waals surface area contributed by atoms with Crippen molar-refractivity contribution in [1.82, 2.24) is 0 Å². The van der Waals surface area contributed by atoms with Crippen molar-refractivity contribution in [2.75, 3.05) is 6.26 Å². The molecule has 0 aliphatic rings. The van der Waals surface area contributed by atoms with Crippen molar-refractivity contribution in [2.45, 2.75) is 45.4 Å². The molecule has 0 saturated carbocycles. The van der Waals surface area contributed by atoms with Gasteiger partial charge in [-0.05, 0) is 0 Å². The molecule has 0 saturated heterocycles. The van der Waals surface area contributed by atoms with E-state index in [-0.39, 0.29) is 5.97 Å². The van der Waals surface area contributed by atoms with E-state index in [0.717, 1.165) is 6.42 Å². The average molecular weight is 551 g/mol. The van der Waals surface area contributed by atoms with Crippen LogP contribution in [0.15, 0.2) is 24.3 Å². The fourth-order valence-corrected chi connectivity index (χ4v) is 15.6. The number of rotatable bonds is 7. The third-order valence-corrected chi connectivity index (χ3v) is 23.6. The van der Waals surface area contributed by atoms with Gasteiger partial charge >= 0.3 is 155 Å². The molecule has 2 atom stereocenters. The minimum absolute atomic E-state index is 0.313. The van der Waals surface area contributed by atoms with Crippen molar-refractivity contribution < 1.29 is 9.53 Å². The van der Waals surface area contributed by atoms with Crippen LogP contribution in [0.25, 0.3) is 0 Å². The molecule has 0 fully saturated rings. The minimum atomic E-state index is -2.07. The van der Waals surface area contributed by atoms with Crippen LogP contribution in [0.3, 0.4) is 0 Å². The zero-order valence-electron chi connectivity index (χ0n) is 15.5. The molecule has 0 aliphatic carbocycles. The van der Waals surface area contributed by atoms with Gasteiger partial charge in [0.05, 0.1) is 0 Å². The van der Waals surface area contributed by atoms with Crippen LogP contribution in [-0.2, 0) is 4.79 Å². The number of nitrogens with two attached hydrogens (primary N) is 1. The second-order valence-electron chi connectivity index (χ2n) is 8.13. The van der Waals surface area contributed by atoms with Crippen LogP contribution in [0.4, 0.5) is 0 Å². The van der Waals surface area contributed by atoms with Gasteiger partial charge in [0.25, 0.3) is 0 Å². The number of hydrogen-bond donors (Lipinski definition) is 1. The van der Waals surface area contributed by atoms with E-state index in [9.17, 15) is 4.79 Å². The van der Waals surface area contributed by atoms with Gasteiger partial charge in [-0.15, -0.1) is 0 Å². The van der Waals surface area contributed by atoms with Crippen molar-refractivity contribution in [3.05, 3.63) is 24.3 Å². The van der Waals surface area contributed by atoms with Gasteiger partial charge in [0.2, 0.25) is 0 Å². The molecule has 23 heavy (non-hydrogen) atoms. The second kappa shape index (κ2) is 8.81. The molecule has 0 spiro atoms. The predicted molar refractivity (Wildman–Crippen MR) is 108 cm³/mol. The van der Waals surface area contributed by atoms with Crippen molar-refractivity contribution in [2.24, 2.45) is 5.73 Å². The van der Waals surface area contributed by atoms with Gasteiger partial charge in [-0.3, -0.25) is 0 Å². The number of benzene rings is 1. The van der Waals surface area contributed by atoms with Crippen molar-refractivity contribution in [3.63, 3.8) is 0 Å². The van der Waals surface area contributed by atoms with E-state index in [1.165, 1.54) is 3.58 Å². The van der Waals surface area contributed by atoms with Gasteiger partial charge in [0, 0.05) is 0 Å². The fourth-order valence-electron chi connectivity index (χ4n) is 2.35. The third kappa shape index (κ3) is 7.16. The molecular weight excluding hydrogens is 520 g/mol. The Morgan fingerprint density at radius 1 is 1.13 bits per heavy atom. The Morgan fingerprint density at radius 2 is 1.65 bits per heavy atom. The summed E-state index contributed by atoms with van der Waals surface area (Å²) < 4.78 is 7.43. The first kappa shape index (κ1) is 21.6. The Balaban J connectivity index is 2.68. The summed E-state index contributed by atoms with van der Waals surface area (Å²) in [6.07, 6.45) is 2.83. The van der Waals surface area contributed by atoms with E-state index >= 15 is 0 Å². The second-order valence-corrected chi connectivity index (χ2v) is 40.3. The molecular formula is C17H31NO2SSn2. The SMILES string of the molecule is CS[CH](CC(N)C(=O)Oc1cc[c]([Sn]([CH3])([CH3])[CH3])cc1)[Sn]([CH3])([CH3])[CH3]. The van der Waals surface area contributed by atoms with Crippen LogP contribution in [0.2, 0.25) is 29.6 Å². The first-order valence-electron chi connectivity index (χ1n) is 8.05. The number of carbonyl (C=O) groups excluding carboxylic acids is 1. The van der Waals surface area contributed by atoms with E-state index in [2.05, 4.69) is 48.0 Å². The summed E-state index contributed by atoms with van der Waals surface area (Å²) in [6.45, 7) is 0. The first-order valence-corrected chi connectivity index (χ1v) is 29.5. The molecule has 0 bridgehead atoms. The molecule has 0 aliphatic heterocycles. The van der Waals surface area contributed by atoms with Crippen LogP contribution in [-0.4, -0.2) is 58.3 Å². The molecule has 3 nitrogen and oxygen atoms in total. The summed E-state index contributed by atoms with van der Waals surface area (Å²) in [4.78, 5) is 26.5. The zero-order valence-corrected chi connectivity index (χ0v) is 22.0. The summed E-state index contributed by atoms with van der Waals surface area (Å²) in [5.41, 5.74) is 6.09. The summed E-state index contributed by atoms with van der Waals surface area (Å²) in [5, 5.41) is 0. The van der Waals surface area contributed by atoms with E-state index in [1.807, 2.05) is 23.9 Å². The third-order valence-electron chi connectivity index (χ3n) is 3.96. The van der Waals surface area contributed by atoms with E-state index in [0.29, 0.717) is 9.02 Å². The summed E-state index contributed by atoms with van der Waals surface area (Å²) in [5.74, 6) is 0.288. The number of thioether (sulfide) groups is 1. The van der Waals surface area contributed by atoms with Gasteiger partial charge in [0.15, 0.2) is 0 Å². The Labute approximate surface area is 153 Å². The van der Waals surface area contributed by atoms with Gasteiger partial charge < -0.3 is 0 Å². The fraction of sp³-hybridized carbons (Fsp3) is 0.588. The molecule has 2 N–H and O–H groups in total. The number of ether oxygens (including phenoxy) is 1. The van der Waals surface area contributed by atoms with Crippen molar-refractivity contribution in [1.29, 1.82) is 0 Å². The number of esters is 1. The summed E-state index contributed by atoms with van der Waals surface area (Å²) in [7, 11) is 0. The van der Waals surface area contributed by atoms with Crippen LogP contribution < -0.4 is 14.0 Å². The van der Waals surface area contributed by atoms with E-state index in [4.69, 9.17) is 10.5 Å². The Kier molecular flexibility index (Phi) is 8.29. The predicted octanol–water partition coefficient (Wildman–Crippen LogP) is 3.46. The molecule has 0 aromatic heterocycles. The van der Waals surface area contributed by atoms with Gasteiger partial charge in [-0.1, -0.05) is 0 Å². The average Bonchev–Trinajstić information content (AvgIpc) is 2.42. The molecule has 1 aromatic rings. The van der Waals surface area contributed by atoms with E-state index < -0.39 is 42.8 Å².